The van der Waals surface area contributed by atoms with Crippen LogP contribution in [0.2, 0.25) is 5.02 Å². The normalized spacial score (nSPS) is 27.7. The molecule has 4 rings (SSSR count). The SMILES string of the molecule is COc1cc(/C=N\N2C(=O)[C@@H]3[C@@H](C2=O)[C@H]2C=C[C@@H]3C2)cc(Cl)c1OCC(=O)[O-]. The first-order chi connectivity index (χ1) is 13.4. The molecule has 28 heavy (non-hydrogen) atoms. The number of ether oxygens (including phenoxy) is 2. The minimum absolute atomic E-state index is 0.0519. The van der Waals surface area contributed by atoms with Crippen LogP contribution in [0.5, 0.6) is 11.5 Å². The minimum atomic E-state index is -1.40. The summed E-state index contributed by atoms with van der Waals surface area (Å²) in [6.07, 6.45) is 6.22. The van der Waals surface area contributed by atoms with Gasteiger partial charge in [0.05, 0.1) is 36.2 Å². The Balaban J connectivity index is 1.55. The second kappa shape index (κ2) is 6.94. The zero-order valence-corrected chi connectivity index (χ0v) is 15.6. The van der Waals surface area contributed by atoms with Gasteiger partial charge in [-0.1, -0.05) is 23.8 Å². The maximum Gasteiger partial charge on any atom is 0.254 e. The largest absolute Gasteiger partial charge is 0.546 e. The number of hydrogen-bond acceptors (Lipinski definition) is 7. The molecule has 0 spiro atoms. The molecule has 1 aliphatic heterocycles. The molecule has 0 N–H and O–H groups in total. The first-order valence-corrected chi connectivity index (χ1v) is 9.08. The maximum absolute atomic E-state index is 12.6. The van der Waals surface area contributed by atoms with Crippen molar-refractivity contribution in [2.24, 2.45) is 28.8 Å². The number of hydrogen-bond donors (Lipinski definition) is 0. The van der Waals surface area contributed by atoms with Crippen LogP contribution in [0.4, 0.5) is 0 Å². The van der Waals surface area contributed by atoms with Crippen LogP contribution >= 0.6 is 11.6 Å². The van der Waals surface area contributed by atoms with E-state index in [2.05, 4.69) is 5.10 Å². The molecule has 1 aromatic rings. The molecule has 0 unspecified atom stereocenters. The second-order valence-corrected chi connectivity index (χ2v) is 7.33. The molecular weight excluding hydrogens is 388 g/mol. The van der Waals surface area contributed by atoms with Gasteiger partial charge in [0.25, 0.3) is 11.8 Å². The van der Waals surface area contributed by atoms with Crippen LogP contribution in [-0.2, 0) is 14.4 Å². The quantitative estimate of drug-likeness (QED) is 0.391. The number of nitrogens with zero attached hydrogens (tertiary/aromatic N) is 2. The number of halogens is 1. The lowest BCUT2D eigenvalue weighted by Crippen LogP contribution is -2.29. The van der Waals surface area contributed by atoms with E-state index in [0.29, 0.717) is 5.56 Å². The Morgan fingerprint density at radius 3 is 2.50 bits per heavy atom. The Morgan fingerprint density at radius 2 is 1.93 bits per heavy atom. The Kier molecular flexibility index (Phi) is 4.58. The number of fused-ring (bicyclic) bond motifs is 5. The number of benzene rings is 1. The Bertz CT molecular complexity index is 897. The third kappa shape index (κ3) is 2.93. The topological polar surface area (TPSA) is 108 Å². The standard InChI is InChI=1S/C19H17ClN2O6/c1-27-13-5-9(4-12(20)17(13)28-8-14(23)24)7-21-22-18(25)15-10-2-3-11(6-10)16(15)19(22)26/h2-5,7,10-11,15-16H,6,8H2,1H3,(H,23,24)/p-1/b21-7-/t10-,11+,15-,16-/m0/s1. The molecule has 4 atom stereocenters. The molecule has 1 saturated heterocycles. The summed E-state index contributed by atoms with van der Waals surface area (Å²) in [5.41, 5.74) is 0.460. The summed E-state index contributed by atoms with van der Waals surface area (Å²) in [5, 5.41) is 15.7. The van der Waals surface area contributed by atoms with Crippen LogP contribution in [0.1, 0.15) is 12.0 Å². The smallest absolute Gasteiger partial charge is 0.254 e. The van der Waals surface area contributed by atoms with Gasteiger partial charge in [0.2, 0.25) is 0 Å². The van der Waals surface area contributed by atoms with Crippen LogP contribution in [0.3, 0.4) is 0 Å². The Hall–Kier alpha value is -2.87. The average Bonchev–Trinajstić information content (AvgIpc) is 3.33. The first-order valence-electron chi connectivity index (χ1n) is 8.71. The number of allylic oxidation sites excluding steroid dienone is 2. The van der Waals surface area contributed by atoms with Crippen LogP contribution < -0.4 is 14.6 Å². The lowest BCUT2D eigenvalue weighted by Gasteiger charge is -2.14. The van der Waals surface area contributed by atoms with E-state index in [1.54, 1.807) is 0 Å². The maximum atomic E-state index is 12.6. The zero-order valence-electron chi connectivity index (χ0n) is 14.8. The van der Waals surface area contributed by atoms with E-state index in [1.807, 2.05) is 12.2 Å². The van der Waals surface area contributed by atoms with Gasteiger partial charge >= 0.3 is 0 Å². The van der Waals surface area contributed by atoms with Crippen molar-refractivity contribution in [2.45, 2.75) is 6.42 Å². The molecule has 9 heteroatoms. The predicted octanol–water partition coefficient (Wildman–Crippen LogP) is 0.618. The number of carbonyl (C=O) groups is 3. The lowest BCUT2D eigenvalue weighted by molar-refractivity contribution is -0.307. The van der Waals surface area contributed by atoms with E-state index in [0.717, 1.165) is 11.4 Å². The molecule has 2 bridgehead atoms. The van der Waals surface area contributed by atoms with Gasteiger partial charge in [-0.3, -0.25) is 9.59 Å². The molecule has 0 radical (unpaired) electrons. The van der Waals surface area contributed by atoms with E-state index in [-0.39, 0.29) is 52.0 Å². The van der Waals surface area contributed by atoms with Gasteiger partial charge < -0.3 is 19.4 Å². The highest BCUT2D eigenvalue weighted by Crippen LogP contribution is 2.52. The monoisotopic (exact) mass is 403 g/mol. The Morgan fingerprint density at radius 1 is 1.29 bits per heavy atom. The van der Waals surface area contributed by atoms with Crippen LogP contribution in [0.25, 0.3) is 0 Å². The van der Waals surface area contributed by atoms with E-state index in [1.165, 1.54) is 25.5 Å². The van der Waals surface area contributed by atoms with Gasteiger partial charge in [0, 0.05) is 0 Å². The van der Waals surface area contributed by atoms with Crippen molar-refractivity contribution in [1.82, 2.24) is 5.01 Å². The number of aliphatic carboxylic acids is 1. The summed E-state index contributed by atoms with van der Waals surface area (Å²) < 4.78 is 10.2. The van der Waals surface area contributed by atoms with Crippen molar-refractivity contribution in [2.75, 3.05) is 13.7 Å². The highest BCUT2D eigenvalue weighted by atomic mass is 35.5. The van der Waals surface area contributed by atoms with Crippen molar-refractivity contribution >= 4 is 35.6 Å². The number of amides is 2. The van der Waals surface area contributed by atoms with E-state index < -0.39 is 12.6 Å². The average molecular weight is 404 g/mol. The molecular formula is C19H16ClN2O6-. The molecule has 0 aromatic heterocycles. The molecule has 1 heterocycles. The number of rotatable bonds is 6. The van der Waals surface area contributed by atoms with E-state index in [9.17, 15) is 19.5 Å². The summed E-state index contributed by atoms with van der Waals surface area (Å²) in [7, 11) is 1.37. The van der Waals surface area contributed by atoms with Gasteiger partial charge in [0.15, 0.2) is 11.5 Å². The molecule has 2 aliphatic carbocycles. The Labute approximate surface area is 165 Å². The fourth-order valence-electron chi connectivity index (χ4n) is 4.21. The van der Waals surface area contributed by atoms with Crippen molar-refractivity contribution in [3.63, 3.8) is 0 Å². The van der Waals surface area contributed by atoms with Gasteiger partial charge in [-0.2, -0.15) is 10.1 Å². The summed E-state index contributed by atoms with van der Waals surface area (Å²) in [6, 6.07) is 2.98. The fraction of sp³-hybridized carbons (Fsp3) is 0.368. The molecule has 1 saturated carbocycles. The molecule has 2 fully saturated rings. The van der Waals surface area contributed by atoms with Crippen LogP contribution in [0, 0.1) is 23.7 Å². The predicted molar refractivity (Wildman–Crippen MR) is 95.7 cm³/mol. The first kappa shape index (κ1) is 18.5. The highest BCUT2D eigenvalue weighted by molar-refractivity contribution is 6.32. The summed E-state index contributed by atoms with van der Waals surface area (Å²) in [6.45, 7) is -0.681. The summed E-state index contributed by atoms with van der Waals surface area (Å²) in [4.78, 5) is 35.8. The number of carbonyl (C=O) groups excluding carboxylic acids is 3. The lowest BCUT2D eigenvalue weighted by atomic mass is 9.85. The number of imide groups is 1. The van der Waals surface area contributed by atoms with Gasteiger partial charge in [0.1, 0.15) is 6.61 Å². The van der Waals surface area contributed by atoms with Crippen molar-refractivity contribution in [3.05, 3.63) is 34.9 Å². The van der Waals surface area contributed by atoms with Crippen LogP contribution in [-0.4, -0.2) is 42.7 Å². The van der Waals surface area contributed by atoms with Crippen molar-refractivity contribution in [1.29, 1.82) is 0 Å². The highest BCUT2D eigenvalue weighted by Gasteiger charge is 2.59. The van der Waals surface area contributed by atoms with Gasteiger partial charge in [-0.05, 0) is 36.0 Å². The number of carboxylic acids is 1. The van der Waals surface area contributed by atoms with E-state index >= 15 is 0 Å². The summed E-state index contributed by atoms with van der Waals surface area (Å²) >= 11 is 6.14. The third-order valence-corrected chi connectivity index (χ3v) is 5.64. The molecule has 2 amide bonds. The van der Waals surface area contributed by atoms with E-state index in [4.69, 9.17) is 21.1 Å². The number of hydrazone groups is 1. The minimum Gasteiger partial charge on any atom is -0.546 e. The fourth-order valence-corrected chi connectivity index (χ4v) is 4.48. The third-order valence-electron chi connectivity index (χ3n) is 5.36. The number of carboxylic acid groups (broad SMARTS) is 1. The van der Waals surface area contributed by atoms with Gasteiger partial charge in [-0.25, -0.2) is 0 Å². The molecule has 146 valence electrons. The van der Waals surface area contributed by atoms with Crippen molar-refractivity contribution in [3.8, 4) is 11.5 Å². The van der Waals surface area contributed by atoms with Crippen LogP contribution in [0.15, 0.2) is 29.4 Å². The zero-order chi connectivity index (χ0) is 20.0. The number of methoxy groups -OCH3 is 1. The molecule has 8 nitrogen and oxygen atoms in total. The molecule has 3 aliphatic rings. The second-order valence-electron chi connectivity index (χ2n) is 6.93. The summed E-state index contributed by atoms with van der Waals surface area (Å²) in [5.74, 6) is -2.14. The molecule has 1 aromatic carbocycles. The van der Waals surface area contributed by atoms with Crippen molar-refractivity contribution < 1.29 is 29.0 Å². The van der Waals surface area contributed by atoms with Gasteiger partial charge in [-0.15, -0.1) is 0 Å².